The molecule has 0 aliphatic carbocycles. The molecule has 178 valence electrons. The van der Waals surface area contributed by atoms with Gasteiger partial charge in [-0.3, -0.25) is 0 Å². The van der Waals surface area contributed by atoms with Gasteiger partial charge < -0.3 is 19.3 Å². The van der Waals surface area contributed by atoms with Crippen LogP contribution in [0, 0.1) is 0 Å². The maximum Gasteiger partial charge on any atom is 0.250 e. The molecule has 4 aromatic rings. The third-order valence-corrected chi connectivity index (χ3v) is 6.37. The van der Waals surface area contributed by atoms with Crippen LogP contribution in [0.3, 0.4) is 0 Å². The van der Waals surface area contributed by atoms with Crippen molar-refractivity contribution in [3.05, 3.63) is 60.2 Å². The van der Waals surface area contributed by atoms with E-state index in [0.29, 0.717) is 44.3 Å². The van der Waals surface area contributed by atoms with E-state index in [0.717, 1.165) is 42.5 Å². The van der Waals surface area contributed by atoms with Crippen molar-refractivity contribution < 1.29 is 9.47 Å². The molecule has 2 fully saturated rings. The average Bonchev–Trinajstić information content (AvgIpc) is 2.93. The molecular formula is C26H27N7O2. The Morgan fingerprint density at radius 3 is 1.77 bits per heavy atom. The number of morpholine rings is 2. The summed E-state index contributed by atoms with van der Waals surface area (Å²) in [6.07, 6.45) is 1.86. The quantitative estimate of drug-likeness (QED) is 0.271. The number of anilines is 3. The van der Waals surface area contributed by atoms with Gasteiger partial charge in [0, 0.05) is 31.7 Å². The van der Waals surface area contributed by atoms with E-state index >= 15 is 0 Å². The molecule has 0 amide bonds. The van der Waals surface area contributed by atoms with Gasteiger partial charge in [0.15, 0.2) is 0 Å². The van der Waals surface area contributed by atoms with Crippen LogP contribution in [0.2, 0.25) is 0 Å². The summed E-state index contributed by atoms with van der Waals surface area (Å²) < 4.78 is 11.0. The Morgan fingerprint density at radius 1 is 0.714 bits per heavy atom. The molecule has 0 unspecified atom stereocenters. The van der Waals surface area contributed by atoms with Gasteiger partial charge in [0.1, 0.15) is 0 Å². The molecule has 3 aromatic carbocycles. The molecule has 0 bridgehead atoms. The Hall–Kier alpha value is -3.82. The summed E-state index contributed by atoms with van der Waals surface area (Å²) in [5.74, 6) is 1.69. The molecule has 0 radical (unpaired) electrons. The molecule has 6 rings (SSSR count). The lowest BCUT2D eigenvalue weighted by molar-refractivity contribution is 0.121. The first kappa shape index (κ1) is 21.7. The summed E-state index contributed by atoms with van der Waals surface area (Å²) in [7, 11) is 0. The highest BCUT2D eigenvalue weighted by Gasteiger charge is 2.20. The topological polar surface area (TPSA) is 88.0 Å². The number of fused-ring (bicyclic) bond motifs is 2. The summed E-state index contributed by atoms with van der Waals surface area (Å²) in [5.41, 5.74) is 4.13. The first-order valence-electron chi connectivity index (χ1n) is 12.0. The molecular weight excluding hydrogens is 442 g/mol. The van der Waals surface area contributed by atoms with Crippen LogP contribution in [-0.4, -0.2) is 73.8 Å². The van der Waals surface area contributed by atoms with Gasteiger partial charge in [-0.1, -0.05) is 48.5 Å². The molecule has 0 atom stereocenters. The number of hydrogen-bond acceptors (Lipinski definition) is 9. The van der Waals surface area contributed by atoms with Crippen molar-refractivity contribution in [1.29, 1.82) is 0 Å². The van der Waals surface area contributed by atoms with Crippen LogP contribution in [0.25, 0.3) is 21.5 Å². The van der Waals surface area contributed by atoms with Crippen molar-refractivity contribution in [3.63, 3.8) is 0 Å². The summed E-state index contributed by atoms with van der Waals surface area (Å²) in [4.78, 5) is 18.4. The summed E-state index contributed by atoms with van der Waals surface area (Å²) in [5, 5.41) is 9.22. The predicted molar refractivity (Wildman–Crippen MR) is 139 cm³/mol. The highest BCUT2D eigenvalue weighted by molar-refractivity contribution is 6.13. The lowest BCUT2D eigenvalue weighted by atomic mass is 9.97. The fraction of sp³-hybridized carbons (Fsp3) is 0.308. The van der Waals surface area contributed by atoms with Gasteiger partial charge in [0.25, 0.3) is 0 Å². The SMILES string of the molecule is C(=N/Nc1nc(N2CCOCC2)nc(N2CCOCC2)n1)/c1c2ccccc2cc2ccccc12. The minimum atomic E-state index is 0.420. The number of ether oxygens (including phenoxy) is 2. The Kier molecular flexibility index (Phi) is 6.08. The van der Waals surface area contributed by atoms with Crippen molar-refractivity contribution in [2.24, 2.45) is 5.10 Å². The molecule has 0 saturated carbocycles. The van der Waals surface area contributed by atoms with Crippen molar-refractivity contribution in [2.45, 2.75) is 0 Å². The second-order valence-corrected chi connectivity index (χ2v) is 8.56. The molecule has 3 heterocycles. The minimum absolute atomic E-state index is 0.420. The summed E-state index contributed by atoms with van der Waals surface area (Å²) in [6.45, 7) is 5.63. The van der Waals surface area contributed by atoms with Crippen LogP contribution >= 0.6 is 0 Å². The number of hydrazone groups is 1. The average molecular weight is 470 g/mol. The van der Waals surface area contributed by atoms with E-state index in [1.54, 1.807) is 0 Å². The number of nitrogens with zero attached hydrogens (tertiary/aromatic N) is 6. The van der Waals surface area contributed by atoms with Crippen molar-refractivity contribution in [1.82, 2.24) is 15.0 Å². The van der Waals surface area contributed by atoms with Gasteiger partial charge in [-0.2, -0.15) is 20.1 Å². The second kappa shape index (κ2) is 9.81. The minimum Gasteiger partial charge on any atom is -0.378 e. The van der Waals surface area contributed by atoms with E-state index in [4.69, 9.17) is 14.5 Å². The zero-order chi connectivity index (χ0) is 23.5. The van der Waals surface area contributed by atoms with Gasteiger partial charge in [0.05, 0.1) is 32.6 Å². The van der Waals surface area contributed by atoms with E-state index in [1.165, 1.54) is 10.8 Å². The number of benzene rings is 3. The zero-order valence-corrected chi connectivity index (χ0v) is 19.4. The molecule has 2 saturated heterocycles. The lowest BCUT2D eigenvalue weighted by Gasteiger charge is -2.30. The van der Waals surface area contributed by atoms with Crippen molar-refractivity contribution in [3.8, 4) is 0 Å². The second-order valence-electron chi connectivity index (χ2n) is 8.56. The van der Waals surface area contributed by atoms with Gasteiger partial charge in [0.2, 0.25) is 17.8 Å². The van der Waals surface area contributed by atoms with Gasteiger partial charge in [-0.15, -0.1) is 0 Å². The maximum atomic E-state index is 5.50. The van der Waals surface area contributed by atoms with Crippen molar-refractivity contribution >= 4 is 45.6 Å². The molecule has 1 aromatic heterocycles. The van der Waals surface area contributed by atoms with Gasteiger partial charge >= 0.3 is 0 Å². The van der Waals surface area contributed by atoms with Crippen LogP contribution in [0.15, 0.2) is 59.7 Å². The molecule has 9 heteroatoms. The Balaban J connectivity index is 1.34. The normalized spacial score (nSPS) is 16.9. The number of rotatable bonds is 5. The van der Waals surface area contributed by atoms with E-state index in [1.807, 2.05) is 6.21 Å². The first-order chi connectivity index (χ1) is 17.3. The van der Waals surface area contributed by atoms with E-state index in [-0.39, 0.29) is 0 Å². The van der Waals surface area contributed by atoms with E-state index in [2.05, 4.69) is 84.9 Å². The molecule has 1 N–H and O–H groups in total. The first-order valence-corrected chi connectivity index (χ1v) is 12.0. The molecule has 35 heavy (non-hydrogen) atoms. The fourth-order valence-electron chi connectivity index (χ4n) is 4.56. The Bertz CT molecular complexity index is 1270. The Morgan fingerprint density at radius 2 is 1.23 bits per heavy atom. The van der Waals surface area contributed by atoms with Gasteiger partial charge in [-0.25, -0.2) is 5.43 Å². The highest BCUT2D eigenvalue weighted by atomic mass is 16.5. The number of aromatic nitrogens is 3. The zero-order valence-electron chi connectivity index (χ0n) is 19.4. The lowest BCUT2D eigenvalue weighted by Crippen LogP contribution is -2.40. The van der Waals surface area contributed by atoms with Crippen LogP contribution in [0.1, 0.15) is 5.56 Å². The fourth-order valence-corrected chi connectivity index (χ4v) is 4.56. The number of nitrogens with one attached hydrogen (secondary N) is 1. The third-order valence-electron chi connectivity index (χ3n) is 6.37. The third kappa shape index (κ3) is 4.60. The Labute approximate surface area is 203 Å². The molecule has 2 aliphatic rings. The van der Waals surface area contributed by atoms with E-state index in [9.17, 15) is 0 Å². The smallest absolute Gasteiger partial charge is 0.250 e. The molecule has 0 spiro atoms. The van der Waals surface area contributed by atoms with E-state index < -0.39 is 0 Å². The van der Waals surface area contributed by atoms with Crippen LogP contribution in [-0.2, 0) is 9.47 Å². The standard InChI is InChI=1S/C26H27N7O2/c1-3-7-21-19(5-1)17-20-6-2-4-8-22(20)23(21)18-27-31-24-28-25(32-9-13-34-14-10-32)30-26(29-24)33-11-15-35-16-12-33/h1-8,17-18H,9-16H2,(H,28,29,30,31)/b27-18-. The molecule has 2 aliphatic heterocycles. The summed E-state index contributed by atoms with van der Waals surface area (Å²) >= 11 is 0. The van der Waals surface area contributed by atoms with Gasteiger partial charge in [-0.05, 0) is 27.6 Å². The van der Waals surface area contributed by atoms with Crippen molar-refractivity contribution in [2.75, 3.05) is 67.8 Å². The maximum absolute atomic E-state index is 5.50. The van der Waals surface area contributed by atoms with Crippen LogP contribution in [0.5, 0.6) is 0 Å². The predicted octanol–water partition coefficient (Wildman–Crippen LogP) is 3.30. The summed E-state index contributed by atoms with van der Waals surface area (Å²) in [6, 6.07) is 18.9. The monoisotopic (exact) mass is 469 g/mol. The number of hydrogen-bond donors (Lipinski definition) is 1. The highest BCUT2D eigenvalue weighted by Crippen LogP contribution is 2.27. The molecule has 9 nitrogen and oxygen atoms in total. The van der Waals surface area contributed by atoms with Crippen LogP contribution < -0.4 is 15.2 Å². The van der Waals surface area contributed by atoms with Crippen LogP contribution in [0.4, 0.5) is 17.8 Å². The largest absolute Gasteiger partial charge is 0.378 e.